The third-order valence-electron chi connectivity index (χ3n) is 5.57. The van der Waals surface area contributed by atoms with Gasteiger partial charge in [0.2, 0.25) is 0 Å². The van der Waals surface area contributed by atoms with E-state index in [-0.39, 0.29) is 23.1 Å². The van der Waals surface area contributed by atoms with Gasteiger partial charge in [0.25, 0.3) is 0 Å². The molecule has 0 spiro atoms. The standard InChI is InChI=1S/C22H25BrF2O5/c1-10-6-12(13-7-15(24)17(23)16(25)8-13)4-5-14(10)18(27)21(29-3)19(28)22-20(30-22)11(2)9-26/h4-8,11,18-22,26-28H,9H2,1-3H3/t11?,18-,19?,20?,21?,22?/m1/s1. The van der Waals surface area contributed by atoms with Crippen molar-refractivity contribution in [3.8, 4) is 11.1 Å². The summed E-state index contributed by atoms with van der Waals surface area (Å²) < 4.78 is 38.3. The Hall–Kier alpha value is -1.42. The third kappa shape index (κ3) is 4.59. The fraction of sp³-hybridized carbons (Fsp3) is 0.455. The summed E-state index contributed by atoms with van der Waals surface area (Å²) in [4.78, 5) is 0. The van der Waals surface area contributed by atoms with Gasteiger partial charge in [-0.3, -0.25) is 0 Å². The van der Waals surface area contributed by atoms with Gasteiger partial charge < -0.3 is 24.8 Å². The highest BCUT2D eigenvalue weighted by Crippen LogP contribution is 2.37. The van der Waals surface area contributed by atoms with Crippen molar-refractivity contribution in [3.05, 3.63) is 57.6 Å². The monoisotopic (exact) mass is 486 g/mol. The van der Waals surface area contributed by atoms with Crippen LogP contribution in [-0.2, 0) is 9.47 Å². The number of benzene rings is 2. The predicted octanol–water partition coefficient (Wildman–Crippen LogP) is 3.51. The quantitative estimate of drug-likeness (QED) is 0.392. The van der Waals surface area contributed by atoms with Crippen molar-refractivity contribution in [1.29, 1.82) is 0 Å². The van der Waals surface area contributed by atoms with Crippen LogP contribution in [-0.4, -0.2) is 53.5 Å². The molecular weight excluding hydrogens is 462 g/mol. The molecule has 0 bridgehead atoms. The highest BCUT2D eigenvalue weighted by atomic mass is 79.9. The van der Waals surface area contributed by atoms with Crippen LogP contribution in [0.2, 0.25) is 0 Å². The number of rotatable bonds is 8. The summed E-state index contributed by atoms with van der Waals surface area (Å²) >= 11 is 2.86. The van der Waals surface area contributed by atoms with Crippen molar-refractivity contribution < 1.29 is 33.6 Å². The number of epoxide rings is 1. The average molecular weight is 487 g/mol. The molecule has 1 heterocycles. The second-order valence-electron chi connectivity index (χ2n) is 7.69. The summed E-state index contributed by atoms with van der Waals surface area (Å²) in [6, 6.07) is 7.47. The number of hydrogen-bond acceptors (Lipinski definition) is 5. The smallest absolute Gasteiger partial charge is 0.140 e. The lowest BCUT2D eigenvalue weighted by atomic mass is 9.91. The van der Waals surface area contributed by atoms with Gasteiger partial charge in [0.05, 0.1) is 10.6 Å². The number of hydrogen-bond donors (Lipinski definition) is 3. The third-order valence-corrected chi connectivity index (χ3v) is 6.33. The molecule has 2 aromatic carbocycles. The van der Waals surface area contributed by atoms with Crippen LogP contribution >= 0.6 is 15.9 Å². The van der Waals surface area contributed by atoms with E-state index >= 15 is 0 Å². The molecule has 0 radical (unpaired) electrons. The van der Waals surface area contributed by atoms with E-state index in [1.54, 1.807) is 25.1 Å². The van der Waals surface area contributed by atoms with Gasteiger partial charge in [0.1, 0.15) is 36.1 Å². The molecule has 30 heavy (non-hydrogen) atoms. The van der Waals surface area contributed by atoms with Gasteiger partial charge >= 0.3 is 0 Å². The zero-order valence-electron chi connectivity index (χ0n) is 16.8. The highest BCUT2D eigenvalue weighted by molar-refractivity contribution is 9.10. The second-order valence-corrected chi connectivity index (χ2v) is 8.48. The minimum absolute atomic E-state index is 0.0636. The Bertz CT molecular complexity index is 886. The van der Waals surface area contributed by atoms with E-state index < -0.39 is 36.1 Å². The molecule has 6 atom stereocenters. The van der Waals surface area contributed by atoms with Gasteiger partial charge in [0.15, 0.2) is 0 Å². The van der Waals surface area contributed by atoms with Crippen molar-refractivity contribution >= 4 is 15.9 Å². The van der Waals surface area contributed by atoms with Crippen LogP contribution in [0.1, 0.15) is 24.2 Å². The first-order valence-corrected chi connectivity index (χ1v) is 10.4. The number of methoxy groups -OCH3 is 1. The highest BCUT2D eigenvalue weighted by Gasteiger charge is 2.51. The molecule has 3 N–H and O–H groups in total. The van der Waals surface area contributed by atoms with E-state index in [0.717, 1.165) is 0 Å². The predicted molar refractivity (Wildman–Crippen MR) is 111 cm³/mol. The molecule has 0 amide bonds. The molecule has 164 valence electrons. The minimum atomic E-state index is -1.15. The maximum absolute atomic E-state index is 13.9. The molecule has 8 heteroatoms. The number of aliphatic hydroxyl groups is 3. The molecule has 1 saturated heterocycles. The Morgan fingerprint density at radius 3 is 2.27 bits per heavy atom. The molecule has 5 nitrogen and oxygen atoms in total. The Kier molecular flexibility index (Phi) is 7.27. The van der Waals surface area contributed by atoms with Crippen LogP contribution in [0, 0.1) is 24.5 Å². The van der Waals surface area contributed by atoms with Crippen molar-refractivity contribution in [2.45, 2.75) is 44.4 Å². The minimum Gasteiger partial charge on any atom is -0.396 e. The van der Waals surface area contributed by atoms with Crippen LogP contribution in [0.4, 0.5) is 8.78 Å². The summed E-state index contributed by atoms with van der Waals surface area (Å²) in [5, 5.41) is 30.7. The van der Waals surface area contributed by atoms with E-state index in [2.05, 4.69) is 15.9 Å². The molecule has 3 rings (SSSR count). The van der Waals surface area contributed by atoms with Gasteiger partial charge in [-0.15, -0.1) is 0 Å². The van der Waals surface area contributed by atoms with Crippen molar-refractivity contribution in [3.63, 3.8) is 0 Å². The Balaban J connectivity index is 1.81. The van der Waals surface area contributed by atoms with Gasteiger partial charge in [-0.05, 0) is 57.2 Å². The van der Waals surface area contributed by atoms with Crippen molar-refractivity contribution in [1.82, 2.24) is 0 Å². The summed E-state index contributed by atoms with van der Waals surface area (Å²) in [6.07, 6.45) is -4.00. The molecular formula is C22H25BrF2O5. The second kappa shape index (κ2) is 9.38. The molecule has 2 aromatic rings. The van der Waals surface area contributed by atoms with E-state index in [0.29, 0.717) is 22.3 Å². The Morgan fingerprint density at radius 2 is 1.73 bits per heavy atom. The maximum Gasteiger partial charge on any atom is 0.140 e. The molecule has 1 aliphatic heterocycles. The molecule has 0 aliphatic carbocycles. The molecule has 1 aliphatic rings. The largest absolute Gasteiger partial charge is 0.396 e. The lowest BCUT2D eigenvalue weighted by molar-refractivity contribution is -0.0906. The first-order chi connectivity index (χ1) is 14.2. The first kappa shape index (κ1) is 23.2. The van der Waals surface area contributed by atoms with Crippen LogP contribution in [0.5, 0.6) is 0 Å². The lowest BCUT2D eigenvalue weighted by Crippen LogP contribution is -2.39. The topological polar surface area (TPSA) is 82.5 Å². The Morgan fingerprint density at radius 1 is 1.10 bits per heavy atom. The first-order valence-electron chi connectivity index (χ1n) is 9.60. The lowest BCUT2D eigenvalue weighted by Gasteiger charge is -2.27. The van der Waals surface area contributed by atoms with Crippen molar-refractivity contribution in [2.24, 2.45) is 5.92 Å². The molecule has 0 aromatic heterocycles. The van der Waals surface area contributed by atoms with Crippen LogP contribution in [0.25, 0.3) is 11.1 Å². The van der Waals surface area contributed by atoms with E-state index in [4.69, 9.17) is 9.47 Å². The summed E-state index contributed by atoms with van der Waals surface area (Å²) in [6.45, 7) is 3.51. The number of aliphatic hydroxyl groups excluding tert-OH is 3. The number of aryl methyl sites for hydroxylation is 1. The van der Waals surface area contributed by atoms with Crippen molar-refractivity contribution in [2.75, 3.05) is 13.7 Å². The van der Waals surface area contributed by atoms with Gasteiger partial charge in [0, 0.05) is 19.6 Å². The molecule has 1 fully saturated rings. The fourth-order valence-electron chi connectivity index (χ4n) is 3.70. The maximum atomic E-state index is 13.9. The average Bonchev–Trinajstić information content (AvgIpc) is 3.52. The van der Waals surface area contributed by atoms with Gasteiger partial charge in [-0.1, -0.05) is 25.1 Å². The van der Waals surface area contributed by atoms with Gasteiger partial charge in [-0.25, -0.2) is 8.78 Å². The van der Waals surface area contributed by atoms with Crippen LogP contribution in [0.15, 0.2) is 34.8 Å². The molecule has 0 saturated carbocycles. The number of ether oxygens (including phenoxy) is 2. The van der Waals surface area contributed by atoms with Gasteiger partial charge in [-0.2, -0.15) is 0 Å². The van der Waals surface area contributed by atoms with E-state index in [1.807, 2.05) is 6.92 Å². The number of halogens is 3. The normalized spacial score (nSPS) is 22.4. The van der Waals surface area contributed by atoms with Crippen LogP contribution in [0.3, 0.4) is 0 Å². The molecule has 5 unspecified atom stereocenters. The zero-order chi connectivity index (χ0) is 22.2. The summed E-state index contributed by atoms with van der Waals surface area (Å²) in [7, 11) is 1.39. The van der Waals surface area contributed by atoms with E-state index in [1.165, 1.54) is 19.2 Å². The zero-order valence-corrected chi connectivity index (χ0v) is 18.4. The van der Waals surface area contributed by atoms with E-state index in [9.17, 15) is 24.1 Å². The summed E-state index contributed by atoms with van der Waals surface area (Å²) in [5.41, 5.74) is 2.16. The van der Waals surface area contributed by atoms with Crippen LogP contribution < -0.4 is 0 Å². The Labute approximate surface area is 182 Å². The SMILES string of the molecule is COC(C(O)C1OC1C(C)CO)[C@H](O)c1ccc(-c2cc(F)c(Br)c(F)c2)cc1C. The fourth-order valence-corrected chi connectivity index (χ4v) is 3.93. The summed E-state index contributed by atoms with van der Waals surface area (Å²) in [5.74, 6) is -1.54.